The monoisotopic (exact) mass is 638 g/mol. The van der Waals surface area contributed by atoms with Gasteiger partial charge in [0.05, 0.1) is 10.6 Å². The highest BCUT2D eigenvalue weighted by Crippen LogP contribution is 2.37. The summed E-state index contributed by atoms with van der Waals surface area (Å²) < 4.78 is 24.1. The number of fused-ring (bicyclic) bond motifs is 1. The fourth-order valence-corrected chi connectivity index (χ4v) is 6.16. The molecule has 0 amide bonds. The Hall–Kier alpha value is -4.29. The molecule has 0 aliphatic carbocycles. The normalized spacial score (nSPS) is 14.2. The molecule has 4 aromatic rings. The molecule has 1 fully saturated rings. The number of nitrogens with zero attached hydrogens (tertiary/aromatic N) is 3. The molecule has 238 valence electrons. The number of benzene rings is 3. The second-order valence-corrected chi connectivity index (χ2v) is 12.1. The van der Waals surface area contributed by atoms with E-state index in [1.807, 2.05) is 30.3 Å². The van der Waals surface area contributed by atoms with E-state index >= 15 is 0 Å². The second kappa shape index (κ2) is 15.3. The molecule has 6 rings (SSSR count). The number of hydrogen-bond acceptors (Lipinski definition) is 8. The van der Waals surface area contributed by atoms with Crippen molar-refractivity contribution in [3.8, 4) is 40.2 Å². The molecule has 0 atom stereocenters. The molecule has 1 saturated heterocycles. The zero-order valence-corrected chi connectivity index (χ0v) is 26.9. The minimum Gasteiger partial charge on any atom is -0.488 e. The first kappa shape index (κ1) is 31.7. The van der Waals surface area contributed by atoms with Gasteiger partial charge >= 0.3 is 0 Å². The predicted octanol–water partition coefficient (Wildman–Crippen LogP) is 7.09. The number of ether oxygens (including phenoxy) is 4. The molecule has 0 spiro atoms. The van der Waals surface area contributed by atoms with Gasteiger partial charge in [-0.1, -0.05) is 35.9 Å². The van der Waals surface area contributed by atoms with E-state index < -0.39 is 0 Å². The Kier molecular flexibility index (Phi) is 10.6. The van der Waals surface area contributed by atoms with Gasteiger partial charge in [0.2, 0.25) is 0 Å². The minimum absolute atomic E-state index is 0.266. The van der Waals surface area contributed by atoms with Gasteiger partial charge in [-0.05, 0) is 98.9 Å². The van der Waals surface area contributed by atoms with Gasteiger partial charge in [-0.2, -0.15) is 5.26 Å². The molecule has 2 aliphatic rings. The SMILES string of the molecule is Cc1c(COc2cc(OCc3cncc(C#N)c3)c(CNCCCN3CCCC3)cc2Cl)cccc1-c1ccc2c(c1)OCCO2. The standard InChI is InChI=1S/C37H39ClN4O4/c1-26-30(6-4-7-32(26)29-8-9-34-37(18-29)44-15-14-43-34)25-46-36-19-35(45-24-28-16-27(20-39)21-41-22-28)31(17-33(36)38)23-40-10-5-13-42-11-2-3-12-42/h4,6-9,16-19,21-22,40H,2-3,5,10-15,23-25H2,1H3. The molecular formula is C37H39ClN4O4. The van der Waals surface area contributed by atoms with Crippen molar-refractivity contribution in [3.63, 3.8) is 0 Å². The molecule has 1 aromatic heterocycles. The highest BCUT2D eigenvalue weighted by Gasteiger charge is 2.16. The van der Waals surface area contributed by atoms with Gasteiger partial charge in [-0.15, -0.1) is 0 Å². The van der Waals surface area contributed by atoms with Gasteiger partial charge < -0.3 is 29.2 Å². The molecule has 0 radical (unpaired) electrons. The number of likely N-dealkylation sites (tertiary alicyclic amines) is 1. The molecule has 1 N–H and O–H groups in total. The quantitative estimate of drug-likeness (QED) is 0.155. The van der Waals surface area contributed by atoms with Crippen LogP contribution in [0, 0.1) is 18.3 Å². The van der Waals surface area contributed by atoms with E-state index in [0.717, 1.165) is 64.4 Å². The van der Waals surface area contributed by atoms with Crippen LogP contribution in [0.1, 0.15) is 47.1 Å². The van der Waals surface area contributed by atoms with Crippen molar-refractivity contribution in [2.45, 2.75) is 45.9 Å². The number of hydrogen-bond donors (Lipinski definition) is 1. The molecule has 9 heteroatoms. The van der Waals surface area contributed by atoms with Crippen LogP contribution in [0.3, 0.4) is 0 Å². The summed E-state index contributed by atoms with van der Waals surface area (Å²) in [6.45, 7) is 8.86. The second-order valence-electron chi connectivity index (χ2n) is 11.7. The maximum absolute atomic E-state index is 9.29. The van der Waals surface area contributed by atoms with Gasteiger partial charge in [0.25, 0.3) is 0 Å². The zero-order valence-electron chi connectivity index (χ0n) is 26.2. The third-order valence-corrected chi connectivity index (χ3v) is 8.75. The van der Waals surface area contributed by atoms with Crippen LogP contribution in [0.25, 0.3) is 11.1 Å². The van der Waals surface area contributed by atoms with Crippen molar-refractivity contribution in [2.75, 3.05) is 39.4 Å². The third-order valence-electron chi connectivity index (χ3n) is 8.46. The molecule has 46 heavy (non-hydrogen) atoms. The summed E-state index contributed by atoms with van der Waals surface area (Å²) in [5.41, 5.74) is 6.58. The van der Waals surface area contributed by atoms with Crippen LogP contribution in [0.5, 0.6) is 23.0 Å². The van der Waals surface area contributed by atoms with E-state index in [1.165, 1.54) is 25.9 Å². The topological polar surface area (TPSA) is 88.9 Å². The fourth-order valence-electron chi connectivity index (χ4n) is 5.92. The lowest BCUT2D eigenvalue weighted by Gasteiger charge is -2.20. The summed E-state index contributed by atoms with van der Waals surface area (Å²) in [6.07, 6.45) is 6.95. The van der Waals surface area contributed by atoms with Crippen molar-refractivity contribution in [1.29, 1.82) is 5.26 Å². The highest BCUT2D eigenvalue weighted by atomic mass is 35.5. The maximum atomic E-state index is 9.29. The van der Waals surface area contributed by atoms with Crippen LogP contribution in [-0.2, 0) is 19.8 Å². The Morgan fingerprint density at radius 2 is 1.76 bits per heavy atom. The number of pyridine rings is 1. The Morgan fingerprint density at radius 3 is 2.61 bits per heavy atom. The smallest absolute Gasteiger partial charge is 0.161 e. The van der Waals surface area contributed by atoms with Crippen LogP contribution >= 0.6 is 11.6 Å². The summed E-state index contributed by atoms with van der Waals surface area (Å²) >= 11 is 6.80. The molecule has 2 aliphatic heterocycles. The van der Waals surface area contributed by atoms with Crippen LogP contribution in [0.15, 0.2) is 67.0 Å². The molecule has 3 aromatic carbocycles. The molecule has 0 saturated carbocycles. The number of rotatable bonds is 13. The molecule has 0 unspecified atom stereocenters. The average Bonchev–Trinajstić information content (AvgIpc) is 3.61. The lowest BCUT2D eigenvalue weighted by Crippen LogP contribution is -2.24. The van der Waals surface area contributed by atoms with Crippen LogP contribution in [0.4, 0.5) is 0 Å². The summed E-state index contributed by atoms with van der Waals surface area (Å²) in [5.74, 6) is 2.76. The Balaban J connectivity index is 1.16. The first-order chi connectivity index (χ1) is 22.6. The number of nitrogens with one attached hydrogen (secondary N) is 1. The van der Waals surface area contributed by atoms with Crippen molar-refractivity contribution >= 4 is 11.6 Å². The van der Waals surface area contributed by atoms with Crippen molar-refractivity contribution in [3.05, 3.63) is 99.8 Å². The van der Waals surface area contributed by atoms with Crippen molar-refractivity contribution in [2.24, 2.45) is 0 Å². The minimum atomic E-state index is 0.266. The van der Waals surface area contributed by atoms with Crippen molar-refractivity contribution < 1.29 is 18.9 Å². The fraction of sp³-hybridized carbons (Fsp3) is 0.351. The maximum Gasteiger partial charge on any atom is 0.161 e. The molecule has 8 nitrogen and oxygen atoms in total. The number of nitriles is 1. The van der Waals surface area contributed by atoms with E-state index in [4.69, 9.17) is 30.5 Å². The molecule has 3 heterocycles. The third kappa shape index (κ3) is 7.91. The lowest BCUT2D eigenvalue weighted by atomic mass is 9.96. The Labute approximate surface area is 275 Å². The van der Waals surface area contributed by atoms with Gasteiger partial charge in [0, 0.05) is 36.1 Å². The first-order valence-corrected chi connectivity index (χ1v) is 16.3. The van der Waals surface area contributed by atoms with Crippen LogP contribution in [0.2, 0.25) is 5.02 Å². The van der Waals surface area contributed by atoms with Gasteiger partial charge in [-0.3, -0.25) is 4.98 Å². The molecule has 0 bridgehead atoms. The Morgan fingerprint density at radius 1 is 0.935 bits per heavy atom. The number of aromatic nitrogens is 1. The van der Waals surface area contributed by atoms with E-state index in [0.29, 0.717) is 48.5 Å². The lowest BCUT2D eigenvalue weighted by molar-refractivity contribution is 0.171. The first-order valence-electron chi connectivity index (χ1n) is 15.9. The van der Waals surface area contributed by atoms with Crippen LogP contribution < -0.4 is 24.3 Å². The Bertz CT molecular complexity index is 1700. The van der Waals surface area contributed by atoms with Gasteiger partial charge in [0.1, 0.15) is 44.0 Å². The van der Waals surface area contributed by atoms with Crippen LogP contribution in [-0.4, -0.2) is 49.3 Å². The van der Waals surface area contributed by atoms with E-state index in [1.54, 1.807) is 18.5 Å². The molecular weight excluding hydrogens is 600 g/mol. The van der Waals surface area contributed by atoms with E-state index in [-0.39, 0.29) is 6.61 Å². The van der Waals surface area contributed by atoms with E-state index in [9.17, 15) is 5.26 Å². The number of halogens is 1. The zero-order chi connectivity index (χ0) is 31.7. The predicted molar refractivity (Wildman–Crippen MR) is 179 cm³/mol. The highest BCUT2D eigenvalue weighted by molar-refractivity contribution is 6.32. The summed E-state index contributed by atoms with van der Waals surface area (Å²) in [6, 6.07) is 20.0. The average molecular weight is 639 g/mol. The summed E-state index contributed by atoms with van der Waals surface area (Å²) in [7, 11) is 0. The van der Waals surface area contributed by atoms with Gasteiger partial charge in [0.15, 0.2) is 11.5 Å². The summed E-state index contributed by atoms with van der Waals surface area (Å²) in [5, 5.41) is 13.4. The largest absolute Gasteiger partial charge is 0.488 e. The van der Waals surface area contributed by atoms with E-state index in [2.05, 4.69) is 46.4 Å². The van der Waals surface area contributed by atoms with Gasteiger partial charge in [-0.25, -0.2) is 0 Å². The van der Waals surface area contributed by atoms with Crippen molar-refractivity contribution in [1.82, 2.24) is 15.2 Å². The summed E-state index contributed by atoms with van der Waals surface area (Å²) in [4.78, 5) is 6.69.